The number of rotatable bonds is 6. The maximum atomic E-state index is 13.0. The minimum absolute atomic E-state index is 0.0134. The number of benzene rings is 1. The zero-order valence-electron chi connectivity index (χ0n) is 19.4. The lowest BCUT2D eigenvalue weighted by atomic mass is 9.49. The Morgan fingerprint density at radius 1 is 0.938 bits per heavy atom. The van der Waals surface area contributed by atoms with Gasteiger partial charge in [0, 0.05) is 37.2 Å². The van der Waals surface area contributed by atoms with Gasteiger partial charge in [0.1, 0.15) is 11.5 Å². The number of nitrogens with zero attached hydrogens (tertiary/aromatic N) is 1. The van der Waals surface area contributed by atoms with Crippen molar-refractivity contribution in [3.05, 3.63) is 23.8 Å². The molecule has 1 saturated heterocycles. The smallest absolute Gasteiger partial charge is 0.254 e. The molecule has 4 saturated carbocycles. The van der Waals surface area contributed by atoms with Crippen LogP contribution in [0, 0.1) is 23.2 Å². The fraction of sp³-hybridized carbons (Fsp3) is 0.692. The van der Waals surface area contributed by atoms with Crippen LogP contribution in [0.1, 0.15) is 68.1 Å². The summed E-state index contributed by atoms with van der Waals surface area (Å²) >= 11 is 0. The molecule has 0 atom stereocenters. The van der Waals surface area contributed by atoms with Crippen molar-refractivity contribution in [3.63, 3.8) is 0 Å². The van der Waals surface area contributed by atoms with E-state index in [2.05, 4.69) is 5.32 Å². The molecular weight excluding hydrogens is 404 g/mol. The molecule has 32 heavy (non-hydrogen) atoms. The highest BCUT2D eigenvalue weighted by Crippen LogP contribution is 2.61. The molecule has 2 amide bonds. The van der Waals surface area contributed by atoms with Gasteiger partial charge in [-0.2, -0.15) is 0 Å². The van der Waals surface area contributed by atoms with E-state index in [9.17, 15) is 9.59 Å². The number of methoxy groups -OCH3 is 2. The predicted octanol–water partition coefficient (Wildman–Crippen LogP) is 4.03. The minimum Gasteiger partial charge on any atom is -0.497 e. The number of carbonyl (C=O) groups is 2. The second-order valence-corrected chi connectivity index (χ2v) is 10.8. The van der Waals surface area contributed by atoms with Gasteiger partial charge in [-0.1, -0.05) is 0 Å². The quantitative estimate of drug-likeness (QED) is 0.725. The van der Waals surface area contributed by atoms with Gasteiger partial charge in [0.15, 0.2) is 0 Å². The first-order valence-electron chi connectivity index (χ1n) is 12.3. The first kappa shape index (κ1) is 21.6. The van der Waals surface area contributed by atoms with E-state index in [1.54, 1.807) is 32.4 Å². The molecule has 0 aromatic heterocycles. The molecular formula is C26H36N2O4. The number of hydrogen-bond acceptors (Lipinski definition) is 4. The average molecular weight is 441 g/mol. The van der Waals surface area contributed by atoms with E-state index in [0.29, 0.717) is 36.6 Å². The Hall–Kier alpha value is -2.24. The van der Waals surface area contributed by atoms with Crippen molar-refractivity contribution in [2.45, 2.75) is 63.8 Å². The van der Waals surface area contributed by atoms with Gasteiger partial charge in [-0.15, -0.1) is 0 Å². The van der Waals surface area contributed by atoms with Crippen LogP contribution in [0.2, 0.25) is 0 Å². The Morgan fingerprint density at radius 2 is 1.47 bits per heavy atom. The topological polar surface area (TPSA) is 67.9 Å². The SMILES string of the molecule is COc1cc(OC)cc(C(=O)N2CCC(NC(=O)CC34CC5CC(CC(C5)C3)C4)CC2)c1. The van der Waals surface area contributed by atoms with Gasteiger partial charge in [0.2, 0.25) is 5.91 Å². The fourth-order valence-electron chi connectivity index (χ4n) is 7.47. The molecule has 0 unspecified atom stereocenters. The molecule has 1 N–H and O–H groups in total. The van der Waals surface area contributed by atoms with Crippen molar-refractivity contribution in [1.82, 2.24) is 10.2 Å². The van der Waals surface area contributed by atoms with Crippen LogP contribution in [0.5, 0.6) is 11.5 Å². The molecule has 1 aliphatic heterocycles. The number of carbonyl (C=O) groups excluding carboxylic acids is 2. The standard InChI is InChI=1S/C26H36N2O4/c1-31-22-10-20(11-23(12-22)32-2)25(30)28-5-3-21(4-6-28)27-24(29)16-26-13-17-7-18(14-26)9-19(8-17)15-26/h10-12,17-19,21H,3-9,13-16H2,1-2H3,(H,27,29). The van der Waals surface area contributed by atoms with Crippen LogP contribution in [0.4, 0.5) is 0 Å². The molecule has 1 aromatic carbocycles. The Bertz CT molecular complexity index is 817. The fourth-order valence-corrected chi connectivity index (χ4v) is 7.47. The molecule has 6 heteroatoms. The third-order valence-corrected chi connectivity index (χ3v) is 8.45. The third kappa shape index (κ3) is 4.33. The predicted molar refractivity (Wildman–Crippen MR) is 122 cm³/mol. The number of likely N-dealkylation sites (tertiary alicyclic amines) is 1. The van der Waals surface area contributed by atoms with E-state index in [1.165, 1.54) is 38.5 Å². The molecule has 1 heterocycles. The van der Waals surface area contributed by atoms with Crippen LogP contribution in [0.15, 0.2) is 18.2 Å². The van der Waals surface area contributed by atoms with Crippen LogP contribution in [0.3, 0.4) is 0 Å². The van der Waals surface area contributed by atoms with E-state index in [-0.39, 0.29) is 23.3 Å². The van der Waals surface area contributed by atoms with Gasteiger partial charge in [0.25, 0.3) is 5.91 Å². The number of amides is 2. The summed E-state index contributed by atoms with van der Waals surface area (Å²) in [5.74, 6) is 4.06. The first-order valence-corrected chi connectivity index (χ1v) is 12.3. The summed E-state index contributed by atoms with van der Waals surface area (Å²) in [6.45, 7) is 1.31. The van der Waals surface area contributed by atoms with Gasteiger partial charge >= 0.3 is 0 Å². The zero-order valence-corrected chi connectivity index (χ0v) is 19.4. The van der Waals surface area contributed by atoms with Crippen LogP contribution in [-0.2, 0) is 4.79 Å². The summed E-state index contributed by atoms with van der Waals surface area (Å²) in [5.41, 5.74) is 0.853. The van der Waals surface area contributed by atoms with E-state index < -0.39 is 0 Å². The summed E-state index contributed by atoms with van der Waals surface area (Å²) in [5, 5.41) is 3.31. The molecule has 5 fully saturated rings. The maximum absolute atomic E-state index is 13.0. The zero-order chi connectivity index (χ0) is 22.3. The lowest BCUT2D eigenvalue weighted by Crippen LogP contribution is -2.50. The third-order valence-electron chi connectivity index (χ3n) is 8.45. The highest BCUT2D eigenvalue weighted by atomic mass is 16.5. The largest absolute Gasteiger partial charge is 0.497 e. The lowest BCUT2D eigenvalue weighted by Gasteiger charge is -2.56. The van der Waals surface area contributed by atoms with Crippen molar-refractivity contribution < 1.29 is 19.1 Å². The summed E-state index contributed by atoms with van der Waals surface area (Å²) in [6.07, 6.45) is 10.3. The van der Waals surface area contributed by atoms with Gasteiger partial charge in [-0.3, -0.25) is 9.59 Å². The molecule has 4 aliphatic carbocycles. The van der Waals surface area contributed by atoms with Gasteiger partial charge in [0.05, 0.1) is 14.2 Å². The van der Waals surface area contributed by atoms with E-state index in [1.807, 2.05) is 4.90 Å². The van der Waals surface area contributed by atoms with Crippen molar-refractivity contribution in [2.24, 2.45) is 23.2 Å². The second kappa shape index (κ2) is 8.60. The molecule has 6 rings (SSSR count). The molecule has 174 valence electrons. The molecule has 4 bridgehead atoms. The van der Waals surface area contributed by atoms with Crippen molar-refractivity contribution >= 4 is 11.8 Å². The Kier molecular flexibility index (Phi) is 5.81. The number of ether oxygens (including phenoxy) is 2. The van der Waals surface area contributed by atoms with Crippen molar-refractivity contribution in [1.29, 1.82) is 0 Å². The summed E-state index contributed by atoms with van der Waals surface area (Å²) in [6, 6.07) is 5.44. The van der Waals surface area contributed by atoms with E-state index in [0.717, 1.165) is 30.6 Å². The average Bonchev–Trinajstić information content (AvgIpc) is 2.77. The minimum atomic E-state index is -0.0134. The monoisotopic (exact) mass is 440 g/mol. The summed E-state index contributed by atoms with van der Waals surface area (Å²) < 4.78 is 10.6. The van der Waals surface area contributed by atoms with Gasteiger partial charge < -0.3 is 19.7 Å². The second-order valence-electron chi connectivity index (χ2n) is 10.8. The van der Waals surface area contributed by atoms with Crippen LogP contribution >= 0.6 is 0 Å². The first-order chi connectivity index (χ1) is 15.4. The molecule has 6 nitrogen and oxygen atoms in total. The van der Waals surface area contributed by atoms with Crippen molar-refractivity contribution in [2.75, 3.05) is 27.3 Å². The summed E-state index contributed by atoms with van der Waals surface area (Å²) in [7, 11) is 3.17. The highest BCUT2D eigenvalue weighted by molar-refractivity contribution is 5.95. The van der Waals surface area contributed by atoms with Crippen LogP contribution < -0.4 is 14.8 Å². The van der Waals surface area contributed by atoms with Gasteiger partial charge in [-0.25, -0.2) is 0 Å². The Labute approximate surface area is 191 Å². The molecule has 0 spiro atoms. The van der Waals surface area contributed by atoms with E-state index in [4.69, 9.17) is 9.47 Å². The normalized spacial score (nSPS) is 31.4. The van der Waals surface area contributed by atoms with Gasteiger partial charge in [-0.05, 0) is 86.7 Å². The van der Waals surface area contributed by atoms with Crippen LogP contribution in [0.25, 0.3) is 0 Å². The molecule has 1 aromatic rings. The number of hydrogen-bond donors (Lipinski definition) is 1. The maximum Gasteiger partial charge on any atom is 0.254 e. The Morgan fingerprint density at radius 3 is 1.97 bits per heavy atom. The summed E-state index contributed by atoms with van der Waals surface area (Å²) in [4.78, 5) is 27.8. The van der Waals surface area contributed by atoms with E-state index >= 15 is 0 Å². The molecule has 5 aliphatic rings. The molecule has 0 radical (unpaired) electrons. The van der Waals surface area contributed by atoms with Crippen LogP contribution in [-0.4, -0.2) is 50.1 Å². The van der Waals surface area contributed by atoms with Crippen molar-refractivity contribution in [3.8, 4) is 11.5 Å². The lowest BCUT2D eigenvalue weighted by molar-refractivity contribution is -0.130. The number of piperidine rings is 1. The highest BCUT2D eigenvalue weighted by Gasteiger charge is 2.51. The number of nitrogens with one attached hydrogen (secondary N) is 1. The Balaban J connectivity index is 1.13.